The van der Waals surface area contributed by atoms with Crippen LogP contribution in [0.25, 0.3) is 10.8 Å². The van der Waals surface area contributed by atoms with Gasteiger partial charge in [-0.15, -0.1) is 0 Å². The molecule has 0 aliphatic carbocycles. The van der Waals surface area contributed by atoms with Gasteiger partial charge in [0.1, 0.15) is 0 Å². The number of anilines is 3. The van der Waals surface area contributed by atoms with Crippen molar-refractivity contribution in [1.29, 1.82) is 0 Å². The highest BCUT2D eigenvalue weighted by molar-refractivity contribution is 7.93. The van der Waals surface area contributed by atoms with Crippen molar-refractivity contribution in [2.24, 2.45) is 0 Å². The van der Waals surface area contributed by atoms with E-state index in [-0.39, 0.29) is 10.8 Å². The van der Waals surface area contributed by atoms with Crippen molar-refractivity contribution in [3.63, 3.8) is 0 Å². The maximum Gasteiger partial charge on any atom is 0.262 e. The molecule has 30 heavy (non-hydrogen) atoms. The molecule has 5 rings (SSSR count). The zero-order chi connectivity index (χ0) is 20.9. The lowest BCUT2D eigenvalue weighted by Gasteiger charge is -2.29. The van der Waals surface area contributed by atoms with Crippen LogP contribution in [-0.2, 0) is 14.8 Å². The van der Waals surface area contributed by atoms with E-state index in [1.807, 2.05) is 19.1 Å². The molecule has 1 saturated heterocycles. The van der Waals surface area contributed by atoms with Crippen molar-refractivity contribution >= 4 is 43.8 Å². The lowest BCUT2D eigenvalue weighted by molar-refractivity contribution is 0.103. The van der Waals surface area contributed by atoms with Crippen LogP contribution >= 0.6 is 0 Å². The molecule has 3 aromatic rings. The Morgan fingerprint density at radius 1 is 1.07 bits per heavy atom. The minimum atomic E-state index is -3.85. The number of rotatable bonds is 4. The summed E-state index contributed by atoms with van der Waals surface area (Å²) in [7, 11) is -3.85. The zero-order valence-electron chi connectivity index (χ0n) is 16.4. The molecule has 0 saturated carbocycles. The van der Waals surface area contributed by atoms with E-state index in [0.717, 1.165) is 24.3 Å². The molecule has 0 unspecified atom stereocenters. The Kier molecular flexibility index (Phi) is 4.41. The van der Waals surface area contributed by atoms with Crippen LogP contribution < -0.4 is 14.9 Å². The van der Waals surface area contributed by atoms with E-state index in [2.05, 4.69) is 14.9 Å². The molecule has 1 fully saturated rings. The van der Waals surface area contributed by atoms with Crippen molar-refractivity contribution in [3.8, 4) is 0 Å². The summed E-state index contributed by atoms with van der Waals surface area (Å²) in [5, 5.41) is 3.95. The number of nitrogens with one attached hydrogen (secondary N) is 2. The Morgan fingerprint density at radius 2 is 1.87 bits per heavy atom. The fourth-order valence-corrected chi connectivity index (χ4v) is 5.41. The normalized spacial score (nSPS) is 16.0. The van der Waals surface area contributed by atoms with Crippen LogP contribution in [0.1, 0.15) is 15.9 Å². The van der Waals surface area contributed by atoms with Crippen molar-refractivity contribution in [2.75, 3.05) is 41.2 Å². The highest BCUT2D eigenvalue weighted by Crippen LogP contribution is 2.37. The maximum atomic E-state index is 13.2. The number of sulfonamides is 1. The monoisotopic (exact) mass is 423 g/mol. The van der Waals surface area contributed by atoms with Gasteiger partial charge in [0.05, 0.1) is 23.8 Å². The van der Waals surface area contributed by atoms with Crippen LogP contribution in [-0.4, -0.2) is 40.6 Å². The number of ether oxygens (including phenoxy) is 1. The second kappa shape index (κ2) is 7.00. The van der Waals surface area contributed by atoms with E-state index in [9.17, 15) is 13.2 Å². The molecule has 2 aliphatic heterocycles. The molecule has 154 valence electrons. The number of morpholine rings is 1. The second-order valence-electron chi connectivity index (χ2n) is 7.50. The number of amides is 1. The molecule has 2 aliphatic rings. The average Bonchev–Trinajstić information content (AvgIpc) is 3.07. The zero-order valence-corrected chi connectivity index (χ0v) is 17.3. The number of aryl methyl sites for hydroxylation is 1. The largest absolute Gasteiger partial charge is 0.378 e. The number of carbonyl (C=O) groups is 1. The first-order valence-corrected chi connectivity index (χ1v) is 11.3. The fourth-order valence-electron chi connectivity index (χ4n) is 4.08. The maximum absolute atomic E-state index is 13.2. The van der Waals surface area contributed by atoms with Gasteiger partial charge in [-0.3, -0.25) is 9.52 Å². The number of hydrogen-bond donors (Lipinski definition) is 2. The summed E-state index contributed by atoms with van der Waals surface area (Å²) in [4.78, 5) is 14.5. The summed E-state index contributed by atoms with van der Waals surface area (Å²) in [5.41, 5.74) is 3.55. The summed E-state index contributed by atoms with van der Waals surface area (Å²) in [6.45, 7) is 4.90. The lowest BCUT2D eigenvalue weighted by atomic mass is 10.1. The molecule has 8 heteroatoms. The molecular weight excluding hydrogens is 402 g/mol. The third kappa shape index (κ3) is 3.09. The average molecular weight is 423 g/mol. The van der Waals surface area contributed by atoms with Crippen molar-refractivity contribution in [1.82, 2.24) is 0 Å². The first kappa shape index (κ1) is 18.9. The third-order valence-corrected chi connectivity index (χ3v) is 7.04. The van der Waals surface area contributed by atoms with Crippen LogP contribution in [0.2, 0.25) is 0 Å². The van der Waals surface area contributed by atoms with Crippen LogP contribution in [0.4, 0.5) is 17.1 Å². The summed E-state index contributed by atoms with van der Waals surface area (Å²) < 4.78 is 34.6. The van der Waals surface area contributed by atoms with Gasteiger partial charge in [-0.1, -0.05) is 12.1 Å². The predicted molar refractivity (Wildman–Crippen MR) is 117 cm³/mol. The summed E-state index contributed by atoms with van der Waals surface area (Å²) in [5.74, 6) is -0.215. The Hall–Kier alpha value is -3.10. The summed E-state index contributed by atoms with van der Waals surface area (Å²) in [6.07, 6.45) is 0. The van der Waals surface area contributed by atoms with E-state index in [4.69, 9.17) is 4.74 Å². The molecule has 1 amide bonds. The number of nitrogens with zero attached hydrogens (tertiary/aromatic N) is 1. The Bertz CT molecular complexity index is 1280. The Morgan fingerprint density at radius 3 is 2.63 bits per heavy atom. The molecule has 0 aromatic heterocycles. The van der Waals surface area contributed by atoms with Crippen molar-refractivity contribution in [3.05, 3.63) is 59.7 Å². The highest BCUT2D eigenvalue weighted by Gasteiger charge is 2.26. The van der Waals surface area contributed by atoms with Gasteiger partial charge in [0.15, 0.2) is 0 Å². The molecule has 0 radical (unpaired) electrons. The minimum absolute atomic E-state index is 0.149. The molecule has 0 bridgehead atoms. The van der Waals surface area contributed by atoms with Gasteiger partial charge < -0.3 is 15.0 Å². The number of hydrogen-bond acceptors (Lipinski definition) is 5. The second-order valence-corrected chi connectivity index (χ2v) is 9.15. The van der Waals surface area contributed by atoms with Gasteiger partial charge in [-0.2, -0.15) is 0 Å². The topological polar surface area (TPSA) is 87.7 Å². The number of benzene rings is 3. The van der Waals surface area contributed by atoms with E-state index in [1.54, 1.807) is 30.3 Å². The summed E-state index contributed by atoms with van der Waals surface area (Å²) >= 11 is 0. The standard InChI is InChI=1S/C22H21N3O4S/c1-14-13-15(25-9-11-29-12-10-25)5-6-18(14)24-30(27,28)20-8-7-19-21-16(20)3-2-4-17(21)22(26)23-19/h2-8,13,24H,9-12H2,1H3,(H,23,26). The van der Waals surface area contributed by atoms with Crippen LogP contribution in [0.5, 0.6) is 0 Å². The quantitative estimate of drug-likeness (QED) is 0.672. The molecule has 3 aromatic carbocycles. The van der Waals surface area contributed by atoms with Crippen LogP contribution in [0, 0.1) is 6.92 Å². The first-order chi connectivity index (χ1) is 14.4. The molecule has 0 spiro atoms. The summed E-state index contributed by atoms with van der Waals surface area (Å²) in [6, 6.07) is 14.0. The number of carbonyl (C=O) groups excluding carboxylic acids is 1. The molecular formula is C22H21N3O4S. The van der Waals surface area contributed by atoms with Gasteiger partial charge in [-0.05, 0) is 48.9 Å². The molecule has 7 nitrogen and oxygen atoms in total. The van der Waals surface area contributed by atoms with Gasteiger partial charge in [0.2, 0.25) is 0 Å². The highest BCUT2D eigenvalue weighted by atomic mass is 32.2. The Labute approximate surface area is 174 Å². The molecule has 2 N–H and O–H groups in total. The van der Waals surface area contributed by atoms with Gasteiger partial charge in [0.25, 0.3) is 15.9 Å². The predicted octanol–water partition coefficient (Wildman–Crippen LogP) is 3.35. The smallest absolute Gasteiger partial charge is 0.262 e. The van der Waals surface area contributed by atoms with E-state index in [1.165, 1.54) is 6.07 Å². The van der Waals surface area contributed by atoms with Gasteiger partial charge in [-0.25, -0.2) is 8.42 Å². The lowest BCUT2D eigenvalue weighted by Crippen LogP contribution is -2.36. The van der Waals surface area contributed by atoms with E-state index >= 15 is 0 Å². The van der Waals surface area contributed by atoms with Crippen molar-refractivity contribution < 1.29 is 17.9 Å². The van der Waals surface area contributed by atoms with E-state index in [0.29, 0.717) is 40.9 Å². The van der Waals surface area contributed by atoms with Crippen LogP contribution in [0.15, 0.2) is 53.4 Å². The van der Waals surface area contributed by atoms with Gasteiger partial charge >= 0.3 is 0 Å². The van der Waals surface area contributed by atoms with Crippen molar-refractivity contribution in [2.45, 2.75) is 11.8 Å². The SMILES string of the molecule is Cc1cc(N2CCOCC2)ccc1NS(=O)(=O)c1ccc2c3c(cccc13)C(=O)N2. The first-order valence-electron chi connectivity index (χ1n) is 9.77. The van der Waals surface area contributed by atoms with E-state index < -0.39 is 10.0 Å². The molecule has 0 atom stereocenters. The Balaban J connectivity index is 1.50. The fraction of sp³-hybridized carbons (Fsp3) is 0.227. The van der Waals surface area contributed by atoms with Crippen LogP contribution in [0.3, 0.4) is 0 Å². The minimum Gasteiger partial charge on any atom is -0.378 e. The third-order valence-electron chi connectivity index (χ3n) is 5.61. The molecule has 2 heterocycles. The van der Waals surface area contributed by atoms with Gasteiger partial charge in [0, 0.05) is 40.8 Å².